The Kier molecular flexibility index (Phi) is 3.61. The number of rotatable bonds is 2. The van der Waals surface area contributed by atoms with E-state index in [1.807, 2.05) is 30.3 Å². The molecule has 1 aliphatic rings. The molecule has 6 rings (SSSR count). The number of nitrogens with zero attached hydrogens (tertiary/aromatic N) is 3. The first kappa shape index (κ1) is 17.6. The molecule has 150 valence electrons. The fourth-order valence-electron chi connectivity index (χ4n) is 4.30. The average Bonchev–Trinajstić information content (AvgIpc) is 3.35. The molecular formula is C24H15N3O4. The number of hydrogen-bond acceptors (Lipinski definition) is 6. The Morgan fingerprint density at radius 2 is 1.81 bits per heavy atom. The van der Waals surface area contributed by atoms with E-state index in [4.69, 9.17) is 8.94 Å². The van der Waals surface area contributed by atoms with E-state index in [9.17, 15) is 9.59 Å². The molecule has 0 bridgehead atoms. The van der Waals surface area contributed by atoms with Gasteiger partial charge in [0, 0.05) is 18.5 Å². The predicted molar refractivity (Wildman–Crippen MR) is 114 cm³/mol. The predicted octanol–water partition coefficient (Wildman–Crippen LogP) is 4.39. The van der Waals surface area contributed by atoms with E-state index in [0.29, 0.717) is 28.1 Å². The van der Waals surface area contributed by atoms with E-state index in [-0.39, 0.29) is 11.2 Å². The topological polar surface area (TPSA) is 89.4 Å². The van der Waals surface area contributed by atoms with E-state index in [2.05, 4.69) is 10.1 Å². The van der Waals surface area contributed by atoms with Gasteiger partial charge in [0.1, 0.15) is 11.3 Å². The van der Waals surface area contributed by atoms with Crippen LogP contribution in [0, 0.1) is 6.92 Å². The molecule has 0 N–H and O–H groups in total. The van der Waals surface area contributed by atoms with Gasteiger partial charge in [-0.05, 0) is 41.5 Å². The number of fused-ring (bicyclic) bond motifs is 4. The van der Waals surface area contributed by atoms with Crippen molar-refractivity contribution < 1.29 is 13.7 Å². The van der Waals surface area contributed by atoms with Crippen molar-refractivity contribution in [2.45, 2.75) is 13.0 Å². The van der Waals surface area contributed by atoms with Crippen LogP contribution in [-0.2, 0) is 0 Å². The smallest absolute Gasteiger partial charge is 0.296 e. The molecule has 0 radical (unpaired) electrons. The Balaban J connectivity index is 1.71. The molecule has 7 nitrogen and oxygen atoms in total. The highest BCUT2D eigenvalue weighted by Crippen LogP contribution is 2.41. The summed E-state index contributed by atoms with van der Waals surface area (Å²) in [5, 5.41) is 6.20. The van der Waals surface area contributed by atoms with Gasteiger partial charge in [-0.1, -0.05) is 35.5 Å². The van der Waals surface area contributed by atoms with Crippen LogP contribution in [0.3, 0.4) is 0 Å². The summed E-state index contributed by atoms with van der Waals surface area (Å²) < 4.78 is 11.3. The van der Waals surface area contributed by atoms with Crippen molar-refractivity contribution in [1.29, 1.82) is 0 Å². The Morgan fingerprint density at radius 1 is 1.00 bits per heavy atom. The maximum Gasteiger partial charge on any atom is 0.296 e. The average molecular weight is 409 g/mol. The van der Waals surface area contributed by atoms with Gasteiger partial charge in [0.15, 0.2) is 11.2 Å². The Morgan fingerprint density at radius 3 is 2.58 bits per heavy atom. The summed E-state index contributed by atoms with van der Waals surface area (Å²) in [6.45, 7) is 1.75. The third-order valence-corrected chi connectivity index (χ3v) is 5.65. The second-order valence-corrected chi connectivity index (χ2v) is 7.49. The van der Waals surface area contributed by atoms with E-state index >= 15 is 0 Å². The van der Waals surface area contributed by atoms with Crippen molar-refractivity contribution in [3.63, 3.8) is 0 Å². The molecule has 1 amide bonds. The summed E-state index contributed by atoms with van der Waals surface area (Å²) >= 11 is 0. The molecule has 31 heavy (non-hydrogen) atoms. The lowest BCUT2D eigenvalue weighted by atomic mass is 9.97. The number of aromatic nitrogens is 2. The molecule has 0 saturated carbocycles. The second kappa shape index (κ2) is 6.37. The molecule has 1 atom stereocenters. The molecule has 0 fully saturated rings. The van der Waals surface area contributed by atoms with Crippen LogP contribution in [0.25, 0.3) is 21.7 Å². The molecule has 1 unspecified atom stereocenters. The second-order valence-electron chi connectivity index (χ2n) is 7.49. The summed E-state index contributed by atoms with van der Waals surface area (Å²) in [6, 6.07) is 15.8. The van der Waals surface area contributed by atoms with Crippen molar-refractivity contribution in [2.24, 2.45) is 0 Å². The lowest BCUT2D eigenvalue weighted by molar-refractivity contribution is 0.0969. The number of carbonyl (C=O) groups is 1. The lowest BCUT2D eigenvalue weighted by Crippen LogP contribution is -2.29. The van der Waals surface area contributed by atoms with Crippen molar-refractivity contribution in [3.05, 3.63) is 99.9 Å². The SMILES string of the molecule is Cc1cc(N2C(=O)c3oc4ccc5ccccc5c4c(=O)c3C2c2ccncc2)no1. The summed E-state index contributed by atoms with van der Waals surface area (Å²) in [4.78, 5) is 32.8. The fraction of sp³-hybridized carbons (Fsp3) is 0.0833. The first-order chi connectivity index (χ1) is 15.1. The monoisotopic (exact) mass is 409 g/mol. The highest BCUT2D eigenvalue weighted by Gasteiger charge is 2.45. The van der Waals surface area contributed by atoms with Gasteiger partial charge < -0.3 is 8.94 Å². The third kappa shape index (κ3) is 2.46. The highest BCUT2D eigenvalue weighted by molar-refractivity contribution is 6.12. The fourth-order valence-corrected chi connectivity index (χ4v) is 4.30. The van der Waals surface area contributed by atoms with Gasteiger partial charge in [-0.3, -0.25) is 19.5 Å². The van der Waals surface area contributed by atoms with E-state index < -0.39 is 11.9 Å². The van der Waals surface area contributed by atoms with Gasteiger partial charge in [0.2, 0.25) is 5.76 Å². The Bertz CT molecular complexity index is 1550. The summed E-state index contributed by atoms with van der Waals surface area (Å²) in [5.74, 6) is 0.471. The maximum atomic E-state index is 13.8. The standard InChI is InChI=1S/C24H15N3O4/c1-13-12-18(26-31-13)27-21(15-8-10-25-11-9-15)20-22(28)19-16-5-3-2-4-14(16)6-7-17(19)30-23(20)24(27)29/h2-12,21H,1H3. The van der Waals surface area contributed by atoms with Gasteiger partial charge in [-0.2, -0.15) is 0 Å². The Hall–Kier alpha value is -4.26. The molecular weight excluding hydrogens is 394 g/mol. The highest BCUT2D eigenvalue weighted by atomic mass is 16.5. The number of carbonyl (C=O) groups excluding carboxylic acids is 1. The van der Waals surface area contributed by atoms with Crippen molar-refractivity contribution in [3.8, 4) is 0 Å². The normalized spacial score (nSPS) is 15.7. The zero-order valence-corrected chi connectivity index (χ0v) is 16.4. The lowest BCUT2D eigenvalue weighted by Gasteiger charge is -2.22. The molecule has 1 aliphatic heterocycles. The van der Waals surface area contributed by atoms with Crippen LogP contribution in [0.2, 0.25) is 0 Å². The molecule has 0 saturated heterocycles. The molecule has 2 aromatic carbocycles. The van der Waals surface area contributed by atoms with Gasteiger partial charge >= 0.3 is 0 Å². The minimum absolute atomic E-state index is 0.0234. The number of hydrogen-bond donors (Lipinski definition) is 0. The van der Waals surface area contributed by atoms with Gasteiger partial charge in [0.25, 0.3) is 5.91 Å². The van der Waals surface area contributed by atoms with E-state index in [1.54, 1.807) is 43.6 Å². The van der Waals surface area contributed by atoms with Crippen LogP contribution in [-0.4, -0.2) is 16.0 Å². The summed E-state index contributed by atoms with van der Waals surface area (Å²) in [5.41, 5.74) is 1.17. The minimum atomic E-state index is -0.699. The molecule has 0 aliphatic carbocycles. The molecule has 0 spiro atoms. The summed E-state index contributed by atoms with van der Waals surface area (Å²) in [6.07, 6.45) is 3.25. The number of amides is 1. The van der Waals surface area contributed by atoms with Crippen LogP contribution in [0.1, 0.15) is 33.5 Å². The van der Waals surface area contributed by atoms with Crippen molar-refractivity contribution in [2.75, 3.05) is 4.90 Å². The first-order valence-corrected chi connectivity index (χ1v) is 9.79. The van der Waals surface area contributed by atoms with Crippen LogP contribution < -0.4 is 10.3 Å². The third-order valence-electron chi connectivity index (χ3n) is 5.65. The minimum Gasteiger partial charge on any atom is -0.450 e. The first-order valence-electron chi connectivity index (χ1n) is 9.79. The maximum absolute atomic E-state index is 13.8. The van der Waals surface area contributed by atoms with E-state index in [1.165, 1.54) is 4.90 Å². The molecule has 4 heterocycles. The van der Waals surface area contributed by atoms with Crippen LogP contribution >= 0.6 is 0 Å². The van der Waals surface area contributed by atoms with Crippen molar-refractivity contribution >= 4 is 33.5 Å². The Labute approximate surface area is 175 Å². The van der Waals surface area contributed by atoms with Gasteiger partial charge in [-0.25, -0.2) is 0 Å². The number of anilines is 1. The number of pyridine rings is 1. The summed E-state index contributed by atoms with van der Waals surface area (Å²) in [7, 11) is 0. The molecule has 5 aromatic rings. The quantitative estimate of drug-likeness (QED) is 0.402. The van der Waals surface area contributed by atoms with Crippen LogP contribution in [0.5, 0.6) is 0 Å². The number of benzene rings is 2. The zero-order valence-electron chi connectivity index (χ0n) is 16.4. The van der Waals surface area contributed by atoms with Gasteiger partial charge in [0.05, 0.1) is 17.0 Å². The zero-order chi connectivity index (χ0) is 21.1. The molecule has 3 aromatic heterocycles. The van der Waals surface area contributed by atoms with Gasteiger partial charge in [-0.15, -0.1) is 0 Å². The van der Waals surface area contributed by atoms with E-state index in [0.717, 1.165) is 16.3 Å². The van der Waals surface area contributed by atoms with Crippen molar-refractivity contribution in [1.82, 2.24) is 10.1 Å². The largest absolute Gasteiger partial charge is 0.450 e. The molecule has 7 heteroatoms. The number of aryl methyl sites for hydroxylation is 1. The van der Waals surface area contributed by atoms with Crippen LogP contribution in [0.15, 0.2) is 80.7 Å². The van der Waals surface area contributed by atoms with Crippen LogP contribution in [0.4, 0.5) is 5.82 Å².